The van der Waals surface area contributed by atoms with E-state index in [1.165, 1.54) is 24.7 Å². The monoisotopic (exact) mass is 315 g/mol. The highest BCUT2D eigenvalue weighted by atomic mass is 32.2. The van der Waals surface area contributed by atoms with Crippen LogP contribution in [-0.2, 0) is 20.8 Å². The van der Waals surface area contributed by atoms with Gasteiger partial charge in [0.15, 0.2) is 0 Å². The van der Waals surface area contributed by atoms with Crippen LogP contribution in [0.15, 0.2) is 23.4 Å². The van der Waals surface area contributed by atoms with Crippen molar-refractivity contribution < 1.29 is 12.6 Å². The molecule has 2 atom stereocenters. The molecule has 1 aromatic rings. The predicted molar refractivity (Wildman–Crippen MR) is 78.9 cm³/mol. The minimum absolute atomic E-state index is 0.0235. The number of pyridine rings is 1. The summed E-state index contributed by atoms with van der Waals surface area (Å²) >= 11 is 0. The average molecular weight is 315 g/mol. The molecule has 2 unspecified atom stereocenters. The summed E-state index contributed by atoms with van der Waals surface area (Å²) in [6.07, 6.45) is 4.23. The molecular formula is C12H17N3O3S2. The van der Waals surface area contributed by atoms with Crippen molar-refractivity contribution in [1.29, 1.82) is 0 Å². The molecule has 0 amide bonds. The molecule has 110 valence electrons. The molecule has 0 aliphatic rings. The first-order valence-corrected chi connectivity index (χ1v) is 8.93. The summed E-state index contributed by atoms with van der Waals surface area (Å²) < 4.78 is 37.7. The van der Waals surface area contributed by atoms with Crippen LogP contribution in [0.5, 0.6) is 0 Å². The topological polar surface area (TPSA) is 102 Å². The smallest absolute Gasteiger partial charge is 0.242 e. The summed E-state index contributed by atoms with van der Waals surface area (Å²) in [6, 6.07) is 1.42. The molecule has 0 radical (unpaired) electrons. The van der Waals surface area contributed by atoms with Gasteiger partial charge in [-0.2, -0.15) is 0 Å². The molecule has 0 bridgehead atoms. The Hall–Kier alpha value is -1.27. The highest BCUT2D eigenvalue weighted by Crippen LogP contribution is 2.09. The molecule has 0 saturated carbocycles. The lowest BCUT2D eigenvalue weighted by Crippen LogP contribution is -2.32. The first-order chi connectivity index (χ1) is 9.36. The summed E-state index contributed by atoms with van der Waals surface area (Å²) in [5, 5.41) is -0.266. The Balaban J connectivity index is 2.90. The molecule has 1 rings (SSSR count). The van der Waals surface area contributed by atoms with Gasteiger partial charge in [-0.3, -0.25) is 9.19 Å². The number of aromatic nitrogens is 1. The van der Waals surface area contributed by atoms with Gasteiger partial charge in [0, 0.05) is 46.8 Å². The summed E-state index contributed by atoms with van der Waals surface area (Å²) in [4.78, 5) is 3.87. The van der Waals surface area contributed by atoms with Crippen molar-refractivity contribution in [3.8, 4) is 11.8 Å². The fourth-order valence-electron chi connectivity index (χ4n) is 1.21. The van der Waals surface area contributed by atoms with Crippen LogP contribution in [-0.4, -0.2) is 42.2 Å². The molecular weight excluding hydrogens is 298 g/mol. The van der Waals surface area contributed by atoms with E-state index in [-0.39, 0.29) is 23.2 Å². The van der Waals surface area contributed by atoms with Gasteiger partial charge in [0.1, 0.15) is 4.90 Å². The van der Waals surface area contributed by atoms with Crippen molar-refractivity contribution in [2.75, 3.05) is 19.3 Å². The van der Waals surface area contributed by atoms with Crippen molar-refractivity contribution >= 4 is 20.8 Å². The molecule has 1 heterocycles. The summed E-state index contributed by atoms with van der Waals surface area (Å²) in [5.74, 6) is 5.35. The van der Waals surface area contributed by atoms with Crippen LogP contribution in [0.25, 0.3) is 0 Å². The minimum atomic E-state index is -3.68. The highest BCUT2D eigenvalue weighted by Gasteiger charge is 2.17. The lowest BCUT2D eigenvalue weighted by atomic mass is 10.3. The molecule has 20 heavy (non-hydrogen) atoms. The fraction of sp³-hybridized carbons (Fsp3) is 0.417. The van der Waals surface area contributed by atoms with Gasteiger partial charge in [-0.05, 0) is 13.0 Å². The maximum atomic E-state index is 12.1. The predicted octanol–water partition coefficient (Wildman–Crippen LogP) is -0.563. The first-order valence-electron chi connectivity index (χ1n) is 5.82. The molecule has 0 aliphatic heterocycles. The zero-order valence-electron chi connectivity index (χ0n) is 11.3. The van der Waals surface area contributed by atoms with E-state index in [9.17, 15) is 12.6 Å². The van der Waals surface area contributed by atoms with E-state index >= 15 is 0 Å². The van der Waals surface area contributed by atoms with E-state index in [1.807, 2.05) is 0 Å². The second-order valence-electron chi connectivity index (χ2n) is 4.08. The van der Waals surface area contributed by atoms with Crippen LogP contribution in [0.3, 0.4) is 0 Å². The number of hydrogen-bond donors (Lipinski definition) is 2. The Kier molecular flexibility index (Phi) is 6.29. The molecule has 6 nitrogen and oxygen atoms in total. The van der Waals surface area contributed by atoms with Gasteiger partial charge in [-0.1, -0.05) is 11.8 Å². The van der Waals surface area contributed by atoms with Crippen LogP contribution in [0, 0.1) is 11.8 Å². The minimum Gasteiger partial charge on any atom is -0.320 e. The normalized spacial score (nSPS) is 14.2. The van der Waals surface area contributed by atoms with E-state index in [0.29, 0.717) is 5.56 Å². The molecule has 0 fully saturated rings. The largest absolute Gasteiger partial charge is 0.320 e. The van der Waals surface area contributed by atoms with Crippen LogP contribution < -0.4 is 10.5 Å². The van der Waals surface area contributed by atoms with Gasteiger partial charge >= 0.3 is 0 Å². The molecule has 0 spiro atoms. The van der Waals surface area contributed by atoms with Crippen LogP contribution >= 0.6 is 0 Å². The second-order valence-corrected chi connectivity index (χ2v) is 7.65. The van der Waals surface area contributed by atoms with E-state index in [1.54, 1.807) is 6.92 Å². The number of rotatable bonds is 5. The maximum absolute atomic E-state index is 12.1. The lowest BCUT2D eigenvalue weighted by molar-refractivity contribution is 0.580. The third kappa shape index (κ3) is 5.02. The van der Waals surface area contributed by atoms with E-state index in [4.69, 9.17) is 5.73 Å². The number of nitrogens with one attached hydrogen (secondary N) is 1. The number of sulfonamides is 1. The van der Waals surface area contributed by atoms with Gasteiger partial charge in [-0.15, -0.1) is 0 Å². The Morgan fingerprint density at radius 1 is 1.50 bits per heavy atom. The molecule has 0 aromatic carbocycles. The van der Waals surface area contributed by atoms with E-state index in [0.717, 1.165) is 0 Å². The summed E-state index contributed by atoms with van der Waals surface area (Å²) in [6.45, 7) is 2.00. The Morgan fingerprint density at radius 2 is 2.20 bits per heavy atom. The molecule has 3 N–H and O–H groups in total. The van der Waals surface area contributed by atoms with Crippen molar-refractivity contribution in [2.45, 2.75) is 17.1 Å². The number of nitrogens with zero attached hydrogens (tertiary/aromatic N) is 1. The molecule has 8 heteroatoms. The second kappa shape index (κ2) is 7.50. The number of hydrogen-bond acceptors (Lipinski definition) is 5. The van der Waals surface area contributed by atoms with E-state index in [2.05, 4.69) is 21.5 Å². The quantitative estimate of drug-likeness (QED) is 0.709. The Bertz CT molecular complexity index is 647. The molecule has 0 saturated heterocycles. The zero-order valence-corrected chi connectivity index (χ0v) is 12.9. The standard InChI is InChI=1S/C12H17N3O3S2/c1-10(19(2)16)7-15-20(17,18)12-6-11(4-3-5-13)8-14-9-12/h6,8-10,15H,5,7,13H2,1-2H3. The van der Waals surface area contributed by atoms with Crippen molar-refractivity contribution in [3.05, 3.63) is 24.0 Å². The molecule has 1 aromatic heterocycles. The highest BCUT2D eigenvalue weighted by molar-refractivity contribution is 7.89. The third-order valence-electron chi connectivity index (χ3n) is 2.49. The lowest BCUT2D eigenvalue weighted by Gasteiger charge is -2.10. The fourth-order valence-corrected chi connectivity index (χ4v) is 2.76. The Morgan fingerprint density at radius 3 is 2.80 bits per heavy atom. The summed E-state index contributed by atoms with van der Waals surface area (Å²) in [5.41, 5.74) is 5.73. The van der Waals surface area contributed by atoms with Crippen LogP contribution in [0.1, 0.15) is 12.5 Å². The van der Waals surface area contributed by atoms with Gasteiger partial charge in [0.25, 0.3) is 0 Å². The van der Waals surface area contributed by atoms with E-state index < -0.39 is 20.8 Å². The van der Waals surface area contributed by atoms with Gasteiger partial charge in [-0.25, -0.2) is 13.1 Å². The molecule has 0 aliphatic carbocycles. The van der Waals surface area contributed by atoms with Crippen LogP contribution in [0.2, 0.25) is 0 Å². The maximum Gasteiger partial charge on any atom is 0.242 e. The SMILES string of the molecule is CC(CNS(=O)(=O)c1cncc(C#CCN)c1)S(C)=O. The Labute approximate surface area is 121 Å². The van der Waals surface area contributed by atoms with Crippen molar-refractivity contribution in [1.82, 2.24) is 9.71 Å². The average Bonchev–Trinajstić information content (AvgIpc) is 2.42. The summed E-state index contributed by atoms with van der Waals surface area (Å²) in [7, 11) is -4.77. The van der Waals surface area contributed by atoms with Crippen LogP contribution in [0.4, 0.5) is 0 Å². The zero-order chi connectivity index (χ0) is 15.2. The van der Waals surface area contributed by atoms with Crippen molar-refractivity contribution in [3.63, 3.8) is 0 Å². The first kappa shape index (κ1) is 16.8. The van der Waals surface area contributed by atoms with Crippen molar-refractivity contribution in [2.24, 2.45) is 5.73 Å². The third-order valence-corrected chi connectivity index (χ3v) is 5.18. The van der Waals surface area contributed by atoms with Gasteiger partial charge < -0.3 is 5.73 Å². The number of nitrogens with two attached hydrogens (primary N) is 1. The van der Waals surface area contributed by atoms with Gasteiger partial charge in [0.05, 0.1) is 6.54 Å². The van der Waals surface area contributed by atoms with Gasteiger partial charge in [0.2, 0.25) is 10.0 Å².